The van der Waals surface area contributed by atoms with E-state index in [0.717, 1.165) is 24.5 Å². The molecule has 1 aliphatic rings. The Balaban J connectivity index is 1.82. The maximum absolute atomic E-state index is 13.4. The zero-order chi connectivity index (χ0) is 16.0. The van der Waals surface area contributed by atoms with Crippen molar-refractivity contribution < 1.29 is 12.8 Å². The van der Waals surface area contributed by atoms with Crippen molar-refractivity contribution in [2.24, 2.45) is 0 Å². The van der Waals surface area contributed by atoms with Crippen LogP contribution in [0.15, 0.2) is 59.6 Å². The number of halogens is 1. The summed E-state index contributed by atoms with van der Waals surface area (Å²) in [4.78, 5) is -0.0535. The Bertz CT molecular complexity index is 991. The lowest BCUT2D eigenvalue weighted by atomic mass is 9.93. The Morgan fingerprint density at radius 2 is 1.91 bits per heavy atom. The van der Waals surface area contributed by atoms with E-state index in [-0.39, 0.29) is 4.90 Å². The van der Waals surface area contributed by atoms with Crippen molar-refractivity contribution in [3.63, 3.8) is 0 Å². The molecule has 0 radical (unpaired) electrons. The molecule has 1 aromatic heterocycles. The molecule has 0 atom stereocenters. The standard InChI is InChI=1S/C17H15FN2O2S/c18-15-2-1-3-16(9-15)23(21,22)20-7-6-13-8-12(4-5-17(13)20)14-10-19-11-14/h1-9,14,19H,10-11H2. The fraction of sp³-hybridized carbons (Fsp3) is 0.176. The van der Waals surface area contributed by atoms with Gasteiger partial charge in [0.05, 0.1) is 10.4 Å². The zero-order valence-corrected chi connectivity index (χ0v) is 13.1. The van der Waals surface area contributed by atoms with Crippen LogP contribution in [0.4, 0.5) is 4.39 Å². The van der Waals surface area contributed by atoms with Crippen LogP contribution < -0.4 is 5.32 Å². The van der Waals surface area contributed by atoms with Gasteiger partial charge in [0.25, 0.3) is 10.0 Å². The predicted octanol–water partition coefficient (Wildman–Crippen LogP) is 2.70. The van der Waals surface area contributed by atoms with Gasteiger partial charge in [-0.1, -0.05) is 12.1 Å². The lowest BCUT2D eigenvalue weighted by Gasteiger charge is -2.27. The lowest BCUT2D eigenvalue weighted by Crippen LogP contribution is -2.39. The van der Waals surface area contributed by atoms with E-state index in [9.17, 15) is 12.8 Å². The lowest BCUT2D eigenvalue weighted by molar-refractivity contribution is 0.449. The monoisotopic (exact) mass is 330 g/mol. The van der Waals surface area contributed by atoms with Crippen LogP contribution in [-0.4, -0.2) is 25.5 Å². The number of hydrogen-bond donors (Lipinski definition) is 1. The van der Waals surface area contributed by atoms with Crippen molar-refractivity contribution in [1.29, 1.82) is 0 Å². The number of nitrogens with one attached hydrogen (secondary N) is 1. The molecule has 1 saturated heterocycles. The first-order chi connectivity index (χ1) is 11.1. The molecule has 6 heteroatoms. The van der Waals surface area contributed by atoms with Crippen LogP contribution in [0, 0.1) is 5.82 Å². The largest absolute Gasteiger partial charge is 0.315 e. The van der Waals surface area contributed by atoms with Gasteiger partial charge in [-0.15, -0.1) is 0 Å². The minimum Gasteiger partial charge on any atom is -0.315 e. The summed E-state index contributed by atoms with van der Waals surface area (Å²) in [5.41, 5.74) is 1.81. The van der Waals surface area contributed by atoms with Crippen LogP contribution in [0.25, 0.3) is 10.9 Å². The molecule has 0 aliphatic carbocycles. The average Bonchev–Trinajstić information content (AvgIpc) is 2.89. The second kappa shape index (κ2) is 5.18. The minimum absolute atomic E-state index is 0.0535. The van der Waals surface area contributed by atoms with Crippen molar-refractivity contribution in [2.75, 3.05) is 13.1 Å². The third kappa shape index (κ3) is 2.34. The summed E-state index contributed by atoms with van der Waals surface area (Å²) in [7, 11) is -3.81. The van der Waals surface area contributed by atoms with Crippen molar-refractivity contribution >= 4 is 20.9 Å². The number of aromatic nitrogens is 1. The van der Waals surface area contributed by atoms with Crippen LogP contribution >= 0.6 is 0 Å². The normalized spacial score (nSPS) is 15.7. The van der Waals surface area contributed by atoms with Crippen LogP contribution in [0.5, 0.6) is 0 Å². The molecule has 4 rings (SSSR count). The number of hydrogen-bond acceptors (Lipinski definition) is 3. The molecule has 1 aliphatic heterocycles. The second-order valence-electron chi connectivity index (χ2n) is 5.75. The van der Waals surface area contributed by atoms with Crippen LogP contribution in [0.2, 0.25) is 0 Å². The molecule has 0 bridgehead atoms. The maximum atomic E-state index is 13.4. The Kier molecular flexibility index (Phi) is 3.25. The molecule has 2 heterocycles. The molecule has 0 saturated carbocycles. The third-order valence-corrected chi connectivity index (χ3v) is 5.97. The van der Waals surface area contributed by atoms with Gasteiger partial charge in [0.15, 0.2) is 0 Å². The highest BCUT2D eigenvalue weighted by atomic mass is 32.2. The predicted molar refractivity (Wildman–Crippen MR) is 86.5 cm³/mol. The molecule has 4 nitrogen and oxygen atoms in total. The van der Waals surface area contributed by atoms with Crippen molar-refractivity contribution in [1.82, 2.24) is 9.29 Å². The topological polar surface area (TPSA) is 51.1 Å². The summed E-state index contributed by atoms with van der Waals surface area (Å²) in [6.45, 7) is 1.90. The Labute approximate surface area is 133 Å². The summed E-state index contributed by atoms with van der Waals surface area (Å²) in [6.07, 6.45) is 1.52. The zero-order valence-electron chi connectivity index (χ0n) is 12.2. The summed E-state index contributed by atoms with van der Waals surface area (Å²) >= 11 is 0. The molecular formula is C17H15FN2O2S. The third-order valence-electron chi connectivity index (χ3n) is 4.28. The van der Waals surface area contributed by atoms with E-state index in [0.29, 0.717) is 11.4 Å². The number of rotatable bonds is 3. The molecule has 118 valence electrons. The van der Waals surface area contributed by atoms with E-state index in [2.05, 4.69) is 5.32 Å². The molecule has 0 unspecified atom stereocenters. The quantitative estimate of drug-likeness (QED) is 0.803. The van der Waals surface area contributed by atoms with Crippen LogP contribution in [-0.2, 0) is 10.0 Å². The Morgan fingerprint density at radius 3 is 2.61 bits per heavy atom. The average molecular weight is 330 g/mol. The first kappa shape index (κ1) is 14.4. The van der Waals surface area contributed by atoms with E-state index in [1.165, 1.54) is 33.9 Å². The van der Waals surface area contributed by atoms with Crippen molar-refractivity contribution in [2.45, 2.75) is 10.8 Å². The first-order valence-corrected chi connectivity index (χ1v) is 8.82. The first-order valence-electron chi connectivity index (χ1n) is 7.38. The highest BCUT2D eigenvalue weighted by molar-refractivity contribution is 7.90. The number of benzene rings is 2. The highest BCUT2D eigenvalue weighted by Gasteiger charge is 2.22. The van der Waals surface area contributed by atoms with Gasteiger partial charge in [-0.05, 0) is 42.0 Å². The summed E-state index contributed by atoms with van der Waals surface area (Å²) in [5, 5.41) is 4.10. The molecule has 3 aromatic rings. The molecule has 2 aromatic carbocycles. The maximum Gasteiger partial charge on any atom is 0.268 e. The smallest absolute Gasteiger partial charge is 0.268 e. The van der Waals surface area contributed by atoms with E-state index in [1.54, 1.807) is 6.07 Å². The Morgan fingerprint density at radius 1 is 1.09 bits per heavy atom. The Hall–Kier alpha value is -2.18. The second-order valence-corrected chi connectivity index (χ2v) is 7.56. The highest BCUT2D eigenvalue weighted by Crippen LogP contribution is 2.27. The van der Waals surface area contributed by atoms with Gasteiger partial charge >= 0.3 is 0 Å². The minimum atomic E-state index is -3.81. The van der Waals surface area contributed by atoms with Gasteiger partial charge in [0.2, 0.25) is 0 Å². The van der Waals surface area contributed by atoms with Gasteiger partial charge in [-0.2, -0.15) is 0 Å². The molecule has 0 amide bonds. The van der Waals surface area contributed by atoms with E-state index >= 15 is 0 Å². The van der Waals surface area contributed by atoms with Gasteiger partial charge in [-0.3, -0.25) is 0 Å². The summed E-state index contributed by atoms with van der Waals surface area (Å²) in [5.74, 6) is -0.0788. The fourth-order valence-corrected chi connectivity index (χ4v) is 4.25. The molecule has 1 N–H and O–H groups in total. The van der Waals surface area contributed by atoms with Crippen LogP contribution in [0.3, 0.4) is 0 Å². The van der Waals surface area contributed by atoms with E-state index in [4.69, 9.17) is 0 Å². The number of nitrogens with zero attached hydrogens (tertiary/aromatic N) is 1. The SMILES string of the molecule is O=S(=O)(c1cccc(F)c1)n1ccc2cc(C3CNC3)ccc21. The van der Waals surface area contributed by atoms with E-state index < -0.39 is 15.8 Å². The van der Waals surface area contributed by atoms with E-state index in [1.807, 2.05) is 18.2 Å². The number of fused-ring (bicyclic) bond motifs is 1. The molecular weight excluding hydrogens is 315 g/mol. The van der Waals surface area contributed by atoms with Crippen molar-refractivity contribution in [3.8, 4) is 0 Å². The molecule has 1 fully saturated rings. The van der Waals surface area contributed by atoms with Gasteiger partial charge in [0.1, 0.15) is 5.82 Å². The fourth-order valence-electron chi connectivity index (χ4n) is 2.86. The molecule has 0 spiro atoms. The van der Waals surface area contributed by atoms with Gasteiger partial charge < -0.3 is 5.32 Å². The van der Waals surface area contributed by atoms with Crippen LogP contribution in [0.1, 0.15) is 11.5 Å². The molecule has 23 heavy (non-hydrogen) atoms. The van der Waals surface area contributed by atoms with Gasteiger partial charge in [-0.25, -0.2) is 16.8 Å². The van der Waals surface area contributed by atoms with Crippen molar-refractivity contribution in [3.05, 3.63) is 66.1 Å². The summed E-state index contributed by atoms with van der Waals surface area (Å²) in [6, 6.07) is 12.7. The van der Waals surface area contributed by atoms with Gasteiger partial charge in [0, 0.05) is 30.6 Å². The summed E-state index contributed by atoms with van der Waals surface area (Å²) < 4.78 is 40.0.